The highest BCUT2D eigenvalue weighted by Crippen LogP contribution is 2.42. The largest absolute Gasteiger partial charge is 0.393 e. The lowest BCUT2D eigenvalue weighted by Gasteiger charge is -2.39. The molecule has 76 valence electrons. The van der Waals surface area contributed by atoms with Crippen molar-refractivity contribution in [3.63, 3.8) is 0 Å². The minimum atomic E-state index is -0.176. The van der Waals surface area contributed by atoms with Crippen LogP contribution in [0.5, 0.6) is 0 Å². The van der Waals surface area contributed by atoms with E-state index in [1.807, 2.05) is 19.1 Å². The third-order valence-corrected chi connectivity index (χ3v) is 3.35. The SMILES string of the molecule is Cc1cc(C2CC(O)C2C)ccc1F. The molecule has 1 aliphatic carbocycles. The third-order valence-electron chi connectivity index (χ3n) is 3.35. The summed E-state index contributed by atoms with van der Waals surface area (Å²) < 4.78 is 13.0. The zero-order chi connectivity index (χ0) is 10.3. The molecule has 0 amide bonds. The van der Waals surface area contributed by atoms with Crippen molar-refractivity contribution >= 4 is 0 Å². The molecule has 1 aromatic carbocycles. The molecule has 0 spiro atoms. The molecule has 2 rings (SSSR count). The van der Waals surface area contributed by atoms with E-state index in [0.29, 0.717) is 17.4 Å². The number of halogens is 1. The van der Waals surface area contributed by atoms with Gasteiger partial charge in [0, 0.05) is 0 Å². The van der Waals surface area contributed by atoms with E-state index >= 15 is 0 Å². The van der Waals surface area contributed by atoms with Crippen molar-refractivity contribution in [2.75, 3.05) is 0 Å². The molecule has 1 N–H and O–H groups in total. The molecule has 0 bridgehead atoms. The molecular weight excluding hydrogens is 179 g/mol. The van der Waals surface area contributed by atoms with Gasteiger partial charge in [-0.3, -0.25) is 0 Å². The Kier molecular flexibility index (Phi) is 2.31. The second-order valence-corrected chi connectivity index (χ2v) is 4.28. The lowest BCUT2D eigenvalue weighted by Crippen LogP contribution is -2.37. The Labute approximate surface area is 83.6 Å². The summed E-state index contributed by atoms with van der Waals surface area (Å²) in [4.78, 5) is 0. The third kappa shape index (κ3) is 1.44. The molecule has 1 aromatic rings. The molecule has 0 saturated heterocycles. The maximum absolute atomic E-state index is 13.0. The Hall–Kier alpha value is -0.890. The average Bonchev–Trinajstić information content (AvgIpc) is 2.18. The van der Waals surface area contributed by atoms with E-state index in [0.717, 1.165) is 12.0 Å². The topological polar surface area (TPSA) is 20.2 Å². The summed E-state index contributed by atoms with van der Waals surface area (Å²) in [5, 5.41) is 9.40. The fourth-order valence-corrected chi connectivity index (χ4v) is 2.10. The van der Waals surface area contributed by atoms with Gasteiger partial charge in [-0.15, -0.1) is 0 Å². The summed E-state index contributed by atoms with van der Waals surface area (Å²) in [5.74, 6) is 0.561. The molecule has 1 saturated carbocycles. The first-order valence-electron chi connectivity index (χ1n) is 5.03. The highest BCUT2D eigenvalue weighted by molar-refractivity contribution is 5.29. The summed E-state index contributed by atoms with van der Waals surface area (Å²) in [6.45, 7) is 3.82. The molecule has 0 radical (unpaired) electrons. The van der Waals surface area contributed by atoms with Crippen LogP contribution in [0.15, 0.2) is 18.2 Å². The zero-order valence-corrected chi connectivity index (χ0v) is 8.50. The first-order valence-corrected chi connectivity index (χ1v) is 5.03. The van der Waals surface area contributed by atoms with E-state index in [-0.39, 0.29) is 11.9 Å². The van der Waals surface area contributed by atoms with Crippen LogP contribution in [0.4, 0.5) is 4.39 Å². The maximum atomic E-state index is 13.0. The normalized spacial score (nSPS) is 31.3. The van der Waals surface area contributed by atoms with Crippen LogP contribution in [0.2, 0.25) is 0 Å². The standard InChI is InChI=1S/C12H15FO/c1-7-5-9(3-4-11(7)13)10-6-12(14)8(10)2/h3-5,8,10,12,14H,6H2,1-2H3. The first kappa shape index (κ1) is 9.66. The van der Waals surface area contributed by atoms with Crippen molar-refractivity contribution in [1.82, 2.24) is 0 Å². The summed E-state index contributed by atoms with van der Waals surface area (Å²) in [6, 6.07) is 5.24. The second-order valence-electron chi connectivity index (χ2n) is 4.28. The number of aryl methyl sites for hydroxylation is 1. The summed E-state index contributed by atoms with van der Waals surface area (Å²) in [5.41, 5.74) is 1.85. The molecular formula is C12H15FO. The number of benzene rings is 1. The number of hydrogen-bond donors (Lipinski definition) is 1. The van der Waals surface area contributed by atoms with Gasteiger partial charge in [0.2, 0.25) is 0 Å². The number of aliphatic hydroxyl groups excluding tert-OH is 1. The van der Waals surface area contributed by atoms with Gasteiger partial charge in [-0.1, -0.05) is 19.1 Å². The maximum Gasteiger partial charge on any atom is 0.126 e. The molecule has 2 heteroatoms. The molecule has 1 aliphatic rings. The van der Waals surface area contributed by atoms with Crippen molar-refractivity contribution in [2.45, 2.75) is 32.3 Å². The predicted octanol–water partition coefficient (Wildman–Crippen LogP) is 2.62. The van der Waals surface area contributed by atoms with Gasteiger partial charge in [0.1, 0.15) is 5.82 Å². The van der Waals surface area contributed by atoms with Crippen molar-refractivity contribution < 1.29 is 9.50 Å². The van der Waals surface area contributed by atoms with Gasteiger partial charge in [0.25, 0.3) is 0 Å². The van der Waals surface area contributed by atoms with Gasteiger partial charge in [-0.2, -0.15) is 0 Å². The van der Waals surface area contributed by atoms with Crippen molar-refractivity contribution in [3.05, 3.63) is 35.1 Å². The number of hydrogen-bond acceptors (Lipinski definition) is 1. The fourth-order valence-electron chi connectivity index (χ4n) is 2.10. The quantitative estimate of drug-likeness (QED) is 0.728. The Morgan fingerprint density at radius 1 is 1.43 bits per heavy atom. The van der Waals surface area contributed by atoms with E-state index in [2.05, 4.69) is 0 Å². The van der Waals surface area contributed by atoms with Crippen LogP contribution in [-0.4, -0.2) is 11.2 Å². The molecule has 3 atom stereocenters. The number of aliphatic hydroxyl groups is 1. The van der Waals surface area contributed by atoms with Crippen LogP contribution in [0.3, 0.4) is 0 Å². The fraction of sp³-hybridized carbons (Fsp3) is 0.500. The highest BCUT2D eigenvalue weighted by atomic mass is 19.1. The van der Waals surface area contributed by atoms with Gasteiger partial charge in [-0.25, -0.2) is 4.39 Å². The van der Waals surface area contributed by atoms with Crippen LogP contribution in [-0.2, 0) is 0 Å². The predicted molar refractivity (Wildman–Crippen MR) is 53.7 cm³/mol. The van der Waals surface area contributed by atoms with E-state index in [1.165, 1.54) is 6.07 Å². The molecule has 0 heterocycles. The van der Waals surface area contributed by atoms with E-state index in [9.17, 15) is 9.50 Å². The smallest absolute Gasteiger partial charge is 0.126 e. The highest BCUT2D eigenvalue weighted by Gasteiger charge is 2.37. The van der Waals surface area contributed by atoms with E-state index < -0.39 is 0 Å². The lowest BCUT2D eigenvalue weighted by molar-refractivity contribution is 0.0117. The monoisotopic (exact) mass is 194 g/mol. The van der Waals surface area contributed by atoms with E-state index in [4.69, 9.17) is 0 Å². The van der Waals surface area contributed by atoms with Crippen LogP contribution >= 0.6 is 0 Å². The zero-order valence-electron chi connectivity index (χ0n) is 8.50. The molecule has 3 unspecified atom stereocenters. The minimum absolute atomic E-state index is 0.152. The summed E-state index contributed by atoms with van der Waals surface area (Å²) in [7, 11) is 0. The Morgan fingerprint density at radius 3 is 2.64 bits per heavy atom. The van der Waals surface area contributed by atoms with Crippen molar-refractivity contribution in [1.29, 1.82) is 0 Å². The minimum Gasteiger partial charge on any atom is -0.393 e. The van der Waals surface area contributed by atoms with Crippen LogP contribution in [0.25, 0.3) is 0 Å². The van der Waals surface area contributed by atoms with Gasteiger partial charge in [-0.05, 0) is 42.4 Å². The van der Waals surface area contributed by atoms with Crippen LogP contribution in [0, 0.1) is 18.7 Å². The summed E-state index contributed by atoms with van der Waals surface area (Å²) >= 11 is 0. The molecule has 0 aromatic heterocycles. The lowest BCUT2D eigenvalue weighted by atomic mass is 9.68. The first-order chi connectivity index (χ1) is 6.59. The Bertz CT molecular complexity index is 348. The van der Waals surface area contributed by atoms with Gasteiger partial charge >= 0.3 is 0 Å². The van der Waals surface area contributed by atoms with Crippen molar-refractivity contribution in [2.24, 2.45) is 5.92 Å². The molecule has 0 aliphatic heterocycles. The van der Waals surface area contributed by atoms with Gasteiger partial charge < -0.3 is 5.11 Å². The van der Waals surface area contributed by atoms with Crippen molar-refractivity contribution in [3.8, 4) is 0 Å². The van der Waals surface area contributed by atoms with Gasteiger partial charge in [0.15, 0.2) is 0 Å². The van der Waals surface area contributed by atoms with Crippen LogP contribution < -0.4 is 0 Å². The number of rotatable bonds is 1. The van der Waals surface area contributed by atoms with Gasteiger partial charge in [0.05, 0.1) is 6.10 Å². The Morgan fingerprint density at radius 2 is 2.14 bits per heavy atom. The Balaban J connectivity index is 2.22. The average molecular weight is 194 g/mol. The second kappa shape index (κ2) is 3.35. The summed E-state index contributed by atoms with van der Waals surface area (Å²) in [6.07, 6.45) is 0.636. The molecule has 14 heavy (non-hydrogen) atoms. The van der Waals surface area contributed by atoms with E-state index in [1.54, 1.807) is 6.92 Å². The van der Waals surface area contributed by atoms with Crippen LogP contribution in [0.1, 0.15) is 30.4 Å². The molecule has 1 fully saturated rings. The molecule has 1 nitrogen and oxygen atoms in total.